The van der Waals surface area contributed by atoms with Gasteiger partial charge in [0, 0.05) is 5.39 Å². The smallest absolute Gasteiger partial charge is 0.339 e. The number of fused-ring (bicyclic) bond motifs is 1. The number of ether oxygens (including phenoxy) is 1. The SMILES string of the molecule is COC(=O)C(O)c1ccc2snc(C)c2c1. The van der Waals surface area contributed by atoms with Crippen molar-refractivity contribution in [2.75, 3.05) is 7.11 Å². The maximum atomic E-state index is 11.2. The van der Waals surface area contributed by atoms with Crippen LogP contribution in [0.3, 0.4) is 0 Å². The highest BCUT2D eigenvalue weighted by Gasteiger charge is 2.18. The average Bonchev–Trinajstić information content (AvgIpc) is 2.68. The number of carbonyl (C=O) groups excluding carboxylic acids is 1. The summed E-state index contributed by atoms with van der Waals surface area (Å²) in [5.74, 6) is -0.653. The zero-order chi connectivity index (χ0) is 11.7. The van der Waals surface area contributed by atoms with Crippen LogP contribution in [-0.2, 0) is 9.53 Å². The standard InChI is InChI=1S/C11H11NO3S/c1-6-8-5-7(10(13)11(14)15-2)3-4-9(8)16-12-6/h3-5,10,13H,1-2H3. The summed E-state index contributed by atoms with van der Waals surface area (Å²) in [4.78, 5) is 11.2. The fourth-order valence-electron chi connectivity index (χ4n) is 1.49. The van der Waals surface area contributed by atoms with Crippen LogP contribution in [0.5, 0.6) is 0 Å². The average molecular weight is 237 g/mol. The van der Waals surface area contributed by atoms with E-state index in [1.165, 1.54) is 18.6 Å². The lowest BCUT2D eigenvalue weighted by atomic mass is 10.1. The second-order valence-corrected chi connectivity index (χ2v) is 4.25. The number of hydrogen-bond donors (Lipinski definition) is 1. The fraction of sp³-hybridized carbons (Fsp3) is 0.273. The van der Waals surface area contributed by atoms with Gasteiger partial charge in [-0.05, 0) is 36.2 Å². The van der Waals surface area contributed by atoms with Gasteiger partial charge in [-0.3, -0.25) is 0 Å². The quantitative estimate of drug-likeness (QED) is 0.809. The molecule has 0 aliphatic carbocycles. The molecule has 0 amide bonds. The minimum atomic E-state index is -1.23. The molecule has 1 unspecified atom stereocenters. The Morgan fingerprint density at radius 2 is 2.31 bits per heavy atom. The van der Waals surface area contributed by atoms with Gasteiger partial charge in [0.05, 0.1) is 17.5 Å². The fourth-order valence-corrected chi connectivity index (χ4v) is 2.26. The molecule has 1 aromatic carbocycles. The number of benzene rings is 1. The Bertz CT molecular complexity index is 535. The summed E-state index contributed by atoms with van der Waals surface area (Å²) >= 11 is 1.40. The van der Waals surface area contributed by atoms with E-state index in [1.54, 1.807) is 12.1 Å². The zero-order valence-electron chi connectivity index (χ0n) is 8.93. The first-order chi connectivity index (χ1) is 7.63. The van der Waals surface area contributed by atoms with Crippen molar-refractivity contribution in [1.82, 2.24) is 4.37 Å². The molecule has 1 aromatic heterocycles. The molecule has 0 saturated carbocycles. The van der Waals surface area contributed by atoms with E-state index in [-0.39, 0.29) is 0 Å². The third kappa shape index (κ3) is 1.79. The molecular weight excluding hydrogens is 226 g/mol. The second-order valence-electron chi connectivity index (χ2n) is 3.45. The second kappa shape index (κ2) is 4.19. The van der Waals surface area contributed by atoms with Crippen LogP contribution in [0.15, 0.2) is 18.2 Å². The van der Waals surface area contributed by atoms with Crippen molar-refractivity contribution >= 4 is 27.6 Å². The molecule has 0 fully saturated rings. The number of aryl methyl sites for hydroxylation is 1. The Kier molecular flexibility index (Phi) is 2.89. The van der Waals surface area contributed by atoms with Crippen LogP contribution >= 0.6 is 11.5 Å². The van der Waals surface area contributed by atoms with Crippen LogP contribution < -0.4 is 0 Å². The number of carbonyl (C=O) groups is 1. The summed E-state index contributed by atoms with van der Waals surface area (Å²) in [6.45, 7) is 1.90. The van der Waals surface area contributed by atoms with Crippen molar-refractivity contribution in [2.24, 2.45) is 0 Å². The molecule has 84 valence electrons. The molecule has 2 aromatic rings. The Morgan fingerprint density at radius 1 is 1.56 bits per heavy atom. The number of hydrogen-bond acceptors (Lipinski definition) is 5. The maximum Gasteiger partial charge on any atom is 0.339 e. The van der Waals surface area contributed by atoms with Gasteiger partial charge >= 0.3 is 5.97 Å². The molecule has 1 atom stereocenters. The third-order valence-electron chi connectivity index (χ3n) is 2.41. The summed E-state index contributed by atoms with van der Waals surface area (Å²) in [5.41, 5.74) is 1.43. The minimum absolute atomic E-state index is 0.530. The van der Waals surface area contributed by atoms with Gasteiger partial charge in [0.2, 0.25) is 0 Å². The van der Waals surface area contributed by atoms with Gasteiger partial charge < -0.3 is 9.84 Å². The van der Waals surface area contributed by atoms with E-state index in [1.807, 2.05) is 13.0 Å². The van der Waals surface area contributed by atoms with Crippen molar-refractivity contribution in [1.29, 1.82) is 0 Å². The highest BCUT2D eigenvalue weighted by atomic mass is 32.1. The van der Waals surface area contributed by atoms with Gasteiger partial charge in [-0.1, -0.05) is 6.07 Å². The van der Waals surface area contributed by atoms with Gasteiger partial charge in [-0.2, -0.15) is 4.37 Å². The van der Waals surface area contributed by atoms with E-state index >= 15 is 0 Å². The molecule has 0 aliphatic heterocycles. The highest BCUT2D eigenvalue weighted by Crippen LogP contribution is 2.26. The highest BCUT2D eigenvalue weighted by molar-refractivity contribution is 7.13. The first kappa shape index (κ1) is 11.0. The van der Waals surface area contributed by atoms with Gasteiger partial charge in [-0.25, -0.2) is 4.79 Å². The van der Waals surface area contributed by atoms with E-state index in [2.05, 4.69) is 9.11 Å². The lowest BCUT2D eigenvalue weighted by Gasteiger charge is -2.08. The van der Waals surface area contributed by atoms with Crippen LogP contribution in [0, 0.1) is 6.92 Å². The van der Waals surface area contributed by atoms with Gasteiger partial charge in [0.15, 0.2) is 6.10 Å². The van der Waals surface area contributed by atoms with Crippen molar-refractivity contribution < 1.29 is 14.6 Å². The summed E-state index contributed by atoms with van der Waals surface area (Å²) in [6.07, 6.45) is -1.23. The lowest BCUT2D eigenvalue weighted by molar-refractivity contribution is -0.150. The normalized spacial score (nSPS) is 12.7. The van der Waals surface area contributed by atoms with Gasteiger partial charge in [0.1, 0.15) is 0 Å². The Morgan fingerprint density at radius 3 is 3.00 bits per heavy atom. The molecule has 1 heterocycles. The number of aliphatic hydroxyl groups excluding tert-OH is 1. The monoisotopic (exact) mass is 237 g/mol. The number of aliphatic hydroxyl groups is 1. The molecule has 0 aliphatic rings. The summed E-state index contributed by atoms with van der Waals surface area (Å²) in [5, 5.41) is 10.6. The van der Waals surface area contributed by atoms with Crippen molar-refractivity contribution in [3.05, 3.63) is 29.5 Å². The first-order valence-corrected chi connectivity index (χ1v) is 5.52. The van der Waals surface area contributed by atoms with Crippen LogP contribution in [0.25, 0.3) is 10.1 Å². The molecule has 4 nitrogen and oxygen atoms in total. The predicted octanol–water partition coefficient (Wildman–Crippen LogP) is 1.81. The van der Waals surface area contributed by atoms with E-state index < -0.39 is 12.1 Å². The van der Waals surface area contributed by atoms with Crippen molar-refractivity contribution in [3.63, 3.8) is 0 Å². The number of nitrogens with zero attached hydrogens (tertiary/aromatic N) is 1. The van der Waals surface area contributed by atoms with Crippen LogP contribution in [0.4, 0.5) is 0 Å². The molecule has 16 heavy (non-hydrogen) atoms. The largest absolute Gasteiger partial charge is 0.467 e. The Balaban J connectivity index is 2.45. The summed E-state index contributed by atoms with van der Waals surface area (Å²) < 4.78 is 9.73. The lowest BCUT2D eigenvalue weighted by Crippen LogP contribution is -2.13. The van der Waals surface area contributed by atoms with Crippen LogP contribution in [-0.4, -0.2) is 22.6 Å². The molecule has 0 saturated heterocycles. The topological polar surface area (TPSA) is 59.4 Å². The van der Waals surface area contributed by atoms with Crippen LogP contribution in [0.1, 0.15) is 17.4 Å². The maximum absolute atomic E-state index is 11.2. The van der Waals surface area contributed by atoms with Gasteiger partial charge in [-0.15, -0.1) is 0 Å². The Labute approximate surface area is 96.6 Å². The van der Waals surface area contributed by atoms with E-state index in [4.69, 9.17) is 0 Å². The van der Waals surface area contributed by atoms with E-state index in [0.29, 0.717) is 5.56 Å². The molecule has 0 radical (unpaired) electrons. The number of rotatable bonds is 2. The molecule has 1 N–H and O–H groups in total. The van der Waals surface area contributed by atoms with Crippen molar-refractivity contribution in [2.45, 2.75) is 13.0 Å². The van der Waals surface area contributed by atoms with Crippen LogP contribution in [0.2, 0.25) is 0 Å². The number of methoxy groups -OCH3 is 1. The van der Waals surface area contributed by atoms with Crippen molar-refractivity contribution in [3.8, 4) is 0 Å². The molecule has 0 spiro atoms. The predicted molar refractivity (Wildman–Crippen MR) is 61.3 cm³/mol. The molecular formula is C11H11NO3S. The van der Waals surface area contributed by atoms with Gasteiger partial charge in [0.25, 0.3) is 0 Å². The summed E-state index contributed by atoms with van der Waals surface area (Å²) in [7, 11) is 1.25. The molecule has 2 rings (SSSR count). The summed E-state index contributed by atoms with van der Waals surface area (Å²) in [6, 6.07) is 5.33. The first-order valence-electron chi connectivity index (χ1n) is 4.75. The number of aromatic nitrogens is 1. The van der Waals surface area contributed by atoms with E-state index in [9.17, 15) is 9.90 Å². The zero-order valence-corrected chi connectivity index (χ0v) is 9.75. The third-order valence-corrected chi connectivity index (χ3v) is 3.33. The Hall–Kier alpha value is -1.46. The molecule has 0 bridgehead atoms. The molecule has 5 heteroatoms. The minimum Gasteiger partial charge on any atom is -0.467 e. The number of esters is 1. The van der Waals surface area contributed by atoms with E-state index in [0.717, 1.165) is 15.8 Å².